The highest BCUT2D eigenvalue weighted by Gasteiger charge is 2.40. The van der Waals surface area contributed by atoms with E-state index in [1.54, 1.807) is 25.7 Å². The zero-order valence-corrected chi connectivity index (χ0v) is 9.69. The third kappa shape index (κ3) is 1.94. The molecule has 4 atom stereocenters. The number of fused-ring (bicyclic) bond motifs is 2. The van der Waals surface area contributed by atoms with Crippen molar-refractivity contribution in [3.63, 3.8) is 0 Å². The van der Waals surface area contributed by atoms with Crippen LogP contribution in [0.3, 0.4) is 0 Å². The van der Waals surface area contributed by atoms with Crippen LogP contribution in [-0.4, -0.2) is 12.6 Å². The van der Waals surface area contributed by atoms with Crippen molar-refractivity contribution >= 4 is 12.4 Å². The van der Waals surface area contributed by atoms with E-state index in [0.29, 0.717) is 0 Å². The van der Waals surface area contributed by atoms with Gasteiger partial charge in [0.25, 0.3) is 0 Å². The van der Waals surface area contributed by atoms with Gasteiger partial charge in [0.1, 0.15) is 0 Å². The Kier molecular flexibility index (Phi) is 3.38. The standard InChI is InChI=1S/C12H21N.ClH/c1-2-12(13-5-1)8-11-7-9-3-4-10(11)6-9;/h9-13H,1-8H2;1H. The normalized spacial score (nSPS) is 45.4. The number of halogens is 1. The Hall–Kier alpha value is 0.250. The third-order valence-corrected chi connectivity index (χ3v) is 4.63. The monoisotopic (exact) mass is 215 g/mol. The zero-order chi connectivity index (χ0) is 8.67. The van der Waals surface area contributed by atoms with Crippen molar-refractivity contribution in [2.24, 2.45) is 17.8 Å². The van der Waals surface area contributed by atoms with Crippen molar-refractivity contribution in [3.8, 4) is 0 Å². The Balaban J connectivity index is 0.000000750. The van der Waals surface area contributed by atoms with Crippen LogP contribution < -0.4 is 5.32 Å². The summed E-state index contributed by atoms with van der Waals surface area (Å²) < 4.78 is 0. The molecule has 0 aromatic rings. The van der Waals surface area contributed by atoms with Crippen LogP contribution in [0.1, 0.15) is 44.9 Å². The molecule has 3 rings (SSSR count). The predicted octanol–water partition coefficient (Wildman–Crippen LogP) is 2.99. The van der Waals surface area contributed by atoms with Gasteiger partial charge >= 0.3 is 0 Å². The molecule has 0 aromatic heterocycles. The van der Waals surface area contributed by atoms with E-state index in [9.17, 15) is 0 Å². The molecule has 4 unspecified atom stereocenters. The summed E-state index contributed by atoms with van der Waals surface area (Å²) >= 11 is 0. The summed E-state index contributed by atoms with van der Waals surface area (Å²) in [6.45, 7) is 1.28. The van der Waals surface area contributed by atoms with Crippen molar-refractivity contribution in [3.05, 3.63) is 0 Å². The van der Waals surface area contributed by atoms with E-state index in [0.717, 1.165) is 23.8 Å². The van der Waals surface area contributed by atoms with Gasteiger partial charge in [-0.15, -0.1) is 12.4 Å². The number of nitrogens with one attached hydrogen (secondary N) is 1. The molecule has 0 spiro atoms. The van der Waals surface area contributed by atoms with E-state index in [1.165, 1.54) is 25.8 Å². The van der Waals surface area contributed by atoms with Crippen LogP contribution >= 0.6 is 12.4 Å². The molecule has 0 amide bonds. The smallest absolute Gasteiger partial charge is 0.00702 e. The number of rotatable bonds is 2. The summed E-state index contributed by atoms with van der Waals surface area (Å²) in [5.74, 6) is 3.37. The second kappa shape index (κ2) is 4.40. The fourth-order valence-electron chi connectivity index (χ4n) is 3.99. The van der Waals surface area contributed by atoms with Crippen LogP contribution in [0.25, 0.3) is 0 Å². The van der Waals surface area contributed by atoms with E-state index in [4.69, 9.17) is 0 Å². The maximum absolute atomic E-state index is 3.64. The molecule has 14 heavy (non-hydrogen) atoms. The summed E-state index contributed by atoms with van der Waals surface area (Å²) in [7, 11) is 0. The molecule has 1 aliphatic heterocycles. The van der Waals surface area contributed by atoms with Gasteiger partial charge in [-0.25, -0.2) is 0 Å². The summed E-state index contributed by atoms with van der Waals surface area (Å²) in [5, 5.41) is 3.64. The first-order valence-corrected chi connectivity index (χ1v) is 6.15. The molecule has 3 fully saturated rings. The third-order valence-electron chi connectivity index (χ3n) is 4.63. The maximum atomic E-state index is 3.64. The molecule has 1 saturated heterocycles. The Morgan fingerprint density at radius 1 is 1.07 bits per heavy atom. The lowest BCUT2D eigenvalue weighted by Gasteiger charge is -2.24. The minimum Gasteiger partial charge on any atom is -0.314 e. The van der Waals surface area contributed by atoms with Gasteiger partial charge in [-0.05, 0) is 62.8 Å². The van der Waals surface area contributed by atoms with Crippen LogP contribution in [0.15, 0.2) is 0 Å². The predicted molar refractivity (Wildman–Crippen MR) is 61.8 cm³/mol. The topological polar surface area (TPSA) is 12.0 Å². The van der Waals surface area contributed by atoms with Gasteiger partial charge in [0.05, 0.1) is 0 Å². The molecule has 0 aromatic carbocycles. The summed E-state index contributed by atoms with van der Waals surface area (Å²) in [6.07, 6.45) is 10.6. The van der Waals surface area contributed by atoms with Gasteiger partial charge < -0.3 is 5.32 Å². The van der Waals surface area contributed by atoms with Crippen molar-refractivity contribution < 1.29 is 0 Å². The van der Waals surface area contributed by atoms with Gasteiger partial charge in [-0.1, -0.05) is 6.42 Å². The highest BCUT2D eigenvalue weighted by molar-refractivity contribution is 5.85. The highest BCUT2D eigenvalue weighted by atomic mass is 35.5. The van der Waals surface area contributed by atoms with Gasteiger partial charge in [-0.3, -0.25) is 0 Å². The van der Waals surface area contributed by atoms with Gasteiger partial charge in [0.15, 0.2) is 0 Å². The SMILES string of the molecule is C1CNC(CC2CC3CCC2C3)C1.Cl. The average molecular weight is 216 g/mol. The van der Waals surface area contributed by atoms with E-state index in [1.807, 2.05) is 0 Å². The number of hydrogen-bond acceptors (Lipinski definition) is 1. The summed E-state index contributed by atoms with van der Waals surface area (Å²) in [4.78, 5) is 0. The van der Waals surface area contributed by atoms with E-state index in [2.05, 4.69) is 5.32 Å². The molecule has 1 heterocycles. The largest absolute Gasteiger partial charge is 0.314 e. The fourth-order valence-corrected chi connectivity index (χ4v) is 3.99. The first-order chi connectivity index (χ1) is 6.42. The molecule has 3 aliphatic rings. The number of hydrogen-bond donors (Lipinski definition) is 1. The molecule has 2 bridgehead atoms. The van der Waals surface area contributed by atoms with Crippen LogP contribution in [0, 0.1) is 17.8 Å². The molecular formula is C12H22ClN. The van der Waals surface area contributed by atoms with Gasteiger partial charge in [-0.2, -0.15) is 0 Å². The average Bonchev–Trinajstić information content (AvgIpc) is 2.77. The quantitative estimate of drug-likeness (QED) is 0.747. The molecule has 1 nitrogen and oxygen atoms in total. The second-order valence-corrected chi connectivity index (χ2v) is 5.46. The first-order valence-electron chi connectivity index (χ1n) is 6.15. The van der Waals surface area contributed by atoms with E-state index < -0.39 is 0 Å². The van der Waals surface area contributed by atoms with Crippen LogP contribution in [0.4, 0.5) is 0 Å². The summed E-state index contributed by atoms with van der Waals surface area (Å²) in [5.41, 5.74) is 0. The molecule has 2 aliphatic carbocycles. The molecule has 2 heteroatoms. The minimum absolute atomic E-state index is 0. The van der Waals surface area contributed by atoms with E-state index in [-0.39, 0.29) is 12.4 Å². The Bertz CT molecular complexity index is 189. The Morgan fingerprint density at radius 3 is 2.57 bits per heavy atom. The lowest BCUT2D eigenvalue weighted by molar-refractivity contribution is 0.287. The lowest BCUT2D eigenvalue weighted by atomic mass is 9.84. The maximum Gasteiger partial charge on any atom is 0.00702 e. The highest BCUT2D eigenvalue weighted by Crippen LogP contribution is 2.50. The molecule has 1 N–H and O–H groups in total. The van der Waals surface area contributed by atoms with Crippen LogP contribution in [0.5, 0.6) is 0 Å². The van der Waals surface area contributed by atoms with Crippen molar-refractivity contribution in [2.45, 2.75) is 51.0 Å². The molecule has 0 radical (unpaired) electrons. The summed E-state index contributed by atoms with van der Waals surface area (Å²) in [6, 6.07) is 0.893. The van der Waals surface area contributed by atoms with Crippen molar-refractivity contribution in [1.29, 1.82) is 0 Å². The zero-order valence-electron chi connectivity index (χ0n) is 8.87. The Morgan fingerprint density at radius 2 is 2.00 bits per heavy atom. The van der Waals surface area contributed by atoms with Gasteiger partial charge in [0, 0.05) is 6.04 Å². The van der Waals surface area contributed by atoms with E-state index >= 15 is 0 Å². The molecule has 2 saturated carbocycles. The van der Waals surface area contributed by atoms with Crippen molar-refractivity contribution in [1.82, 2.24) is 5.32 Å². The molecular weight excluding hydrogens is 194 g/mol. The Labute approximate surface area is 93.4 Å². The lowest BCUT2D eigenvalue weighted by Crippen LogP contribution is -2.26. The first kappa shape index (κ1) is 10.8. The van der Waals surface area contributed by atoms with Crippen LogP contribution in [-0.2, 0) is 0 Å². The van der Waals surface area contributed by atoms with Crippen molar-refractivity contribution in [2.75, 3.05) is 6.54 Å². The van der Waals surface area contributed by atoms with Crippen LogP contribution in [0.2, 0.25) is 0 Å². The molecule has 82 valence electrons. The minimum atomic E-state index is 0. The second-order valence-electron chi connectivity index (χ2n) is 5.46. The fraction of sp³-hybridized carbons (Fsp3) is 1.00. The van der Waals surface area contributed by atoms with Gasteiger partial charge in [0.2, 0.25) is 0 Å².